The van der Waals surface area contributed by atoms with Gasteiger partial charge in [0.15, 0.2) is 0 Å². The quantitative estimate of drug-likeness (QED) is 0.201. The van der Waals surface area contributed by atoms with Crippen molar-refractivity contribution < 1.29 is 28.4 Å². The van der Waals surface area contributed by atoms with E-state index in [1.54, 1.807) is 41.0 Å². The number of aromatic nitrogens is 2. The first kappa shape index (κ1) is 49.0. The van der Waals surface area contributed by atoms with E-state index >= 15 is 4.39 Å². The van der Waals surface area contributed by atoms with Gasteiger partial charge in [0.2, 0.25) is 17.7 Å². The summed E-state index contributed by atoms with van der Waals surface area (Å²) in [6.45, 7) is 10.2. The highest BCUT2D eigenvalue weighted by molar-refractivity contribution is 5.98. The zero-order chi connectivity index (χ0) is 48.7. The monoisotopic (exact) mass is 958 g/mol. The third kappa shape index (κ3) is 11.6. The van der Waals surface area contributed by atoms with E-state index in [-0.39, 0.29) is 46.6 Å². The SMILES string of the molecule is CC(=O)N1CCCC(c2cccc(C(=O)N[C@@H](C(=O)N3CCN(CC4CCN(CC(=O)N5CCN(C(=O)c6cc(Cc7n[nH]c(=O)c8ccccc78)ccc6F)CC5)CC4)CC3)C3CCCCC3)c2)C1. The van der Waals surface area contributed by atoms with Crippen LogP contribution >= 0.6 is 0 Å². The van der Waals surface area contributed by atoms with Gasteiger partial charge >= 0.3 is 0 Å². The minimum Gasteiger partial charge on any atom is -0.342 e. The number of H-pyrrole nitrogens is 1. The Morgan fingerprint density at radius 1 is 0.714 bits per heavy atom. The van der Waals surface area contributed by atoms with Crippen molar-refractivity contribution in [1.82, 2.24) is 44.9 Å². The zero-order valence-electron chi connectivity index (χ0n) is 40.6. The smallest absolute Gasteiger partial charge is 0.272 e. The number of nitrogens with one attached hydrogen (secondary N) is 2. The van der Waals surface area contributed by atoms with E-state index in [0.717, 1.165) is 103 Å². The average molecular weight is 958 g/mol. The van der Waals surface area contributed by atoms with Crippen molar-refractivity contribution >= 4 is 40.3 Å². The van der Waals surface area contributed by atoms with Crippen molar-refractivity contribution in [3.05, 3.63) is 111 Å². The van der Waals surface area contributed by atoms with Crippen LogP contribution in [0.5, 0.6) is 0 Å². The largest absolute Gasteiger partial charge is 0.342 e. The predicted molar refractivity (Wildman–Crippen MR) is 265 cm³/mol. The summed E-state index contributed by atoms with van der Waals surface area (Å²) in [5.41, 5.74) is 2.64. The molecule has 5 heterocycles. The number of hydrogen-bond acceptors (Lipinski definition) is 9. The van der Waals surface area contributed by atoms with Gasteiger partial charge in [-0.2, -0.15) is 5.10 Å². The standard InChI is InChI=1S/C54H68FN9O6/c1-37(65)64-20-8-13-43(35-64)41-11-7-12-42(33-41)51(67)56-50(40-9-3-2-4-10-40)54(70)63-25-23-60(24-26-63)34-38-18-21-59(22-19-38)36-49(66)61-27-29-62(30-28-61)53(69)46-31-39(16-17-47(46)55)32-48-44-14-5-6-15-45(44)52(68)58-57-48/h5-7,11-12,14-17,31,33,38,40,43,50H,2-4,8-10,13,18-30,32,34-36H2,1H3,(H,56,67)(H,58,68)/t43?,50-/m1/s1. The fraction of sp³-hybridized carbons (Fsp3) is 0.537. The van der Waals surface area contributed by atoms with Crippen LogP contribution in [0.2, 0.25) is 0 Å². The summed E-state index contributed by atoms with van der Waals surface area (Å²) in [6, 6.07) is 18.8. The van der Waals surface area contributed by atoms with Gasteiger partial charge in [-0.1, -0.05) is 55.7 Å². The second kappa shape index (κ2) is 22.4. The van der Waals surface area contributed by atoms with E-state index in [1.807, 2.05) is 46.2 Å². The first-order valence-corrected chi connectivity index (χ1v) is 25.7. The summed E-state index contributed by atoms with van der Waals surface area (Å²) in [5, 5.41) is 11.2. The topological polar surface area (TPSA) is 163 Å². The lowest BCUT2D eigenvalue weighted by molar-refractivity contribution is -0.137. The van der Waals surface area contributed by atoms with Gasteiger partial charge in [-0.3, -0.25) is 38.6 Å². The van der Waals surface area contributed by atoms with Gasteiger partial charge in [0.05, 0.1) is 23.2 Å². The average Bonchev–Trinajstić information content (AvgIpc) is 3.40. The molecule has 9 rings (SSSR count). The van der Waals surface area contributed by atoms with Gasteiger partial charge in [-0.25, -0.2) is 9.49 Å². The number of piperidine rings is 2. The van der Waals surface area contributed by atoms with Crippen LogP contribution in [0.15, 0.2) is 71.5 Å². The molecule has 1 saturated carbocycles. The summed E-state index contributed by atoms with van der Waals surface area (Å²) >= 11 is 0. The minimum absolute atomic E-state index is 0.0218. The molecular formula is C54H68FN9O6. The van der Waals surface area contributed by atoms with Crippen molar-refractivity contribution in [3.8, 4) is 0 Å². The van der Waals surface area contributed by atoms with Crippen LogP contribution in [0.1, 0.15) is 108 Å². The van der Waals surface area contributed by atoms with E-state index in [4.69, 9.17) is 0 Å². The maximum Gasteiger partial charge on any atom is 0.272 e. The molecular weight excluding hydrogens is 890 g/mol. The van der Waals surface area contributed by atoms with E-state index in [1.165, 1.54) is 6.07 Å². The molecule has 70 heavy (non-hydrogen) atoms. The van der Waals surface area contributed by atoms with Crippen LogP contribution < -0.4 is 10.9 Å². The van der Waals surface area contributed by atoms with Crippen molar-refractivity contribution in [1.29, 1.82) is 0 Å². The molecule has 16 heteroatoms. The number of carbonyl (C=O) groups excluding carboxylic acids is 5. The summed E-state index contributed by atoms with van der Waals surface area (Å²) in [7, 11) is 0. The third-order valence-corrected chi connectivity index (χ3v) is 15.8. The van der Waals surface area contributed by atoms with Crippen LogP contribution in [0.3, 0.4) is 0 Å². The molecule has 15 nitrogen and oxygen atoms in total. The highest BCUT2D eigenvalue weighted by Gasteiger charge is 2.36. The molecule has 5 aliphatic rings. The normalized spacial score (nSPS) is 20.6. The van der Waals surface area contributed by atoms with E-state index < -0.39 is 17.8 Å². The summed E-state index contributed by atoms with van der Waals surface area (Å²) in [6.07, 6.45) is 9.34. The number of piperazine rings is 2. The highest BCUT2D eigenvalue weighted by atomic mass is 19.1. The van der Waals surface area contributed by atoms with Crippen LogP contribution in [-0.4, -0.2) is 167 Å². The van der Waals surface area contributed by atoms with E-state index in [2.05, 4.69) is 25.3 Å². The molecule has 372 valence electrons. The van der Waals surface area contributed by atoms with Crippen molar-refractivity contribution in [3.63, 3.8) is 0 Å². The number of carbonyl (C=O) groups is 5. The first-order chi connectivity index (χ1) is 34.0. The molecule has 3 aromatic carbocycles. The number of rotatable bonds is 12. The van der Waals surface area contributed by atoms with Crippen LogP contribution in [-0.2, 0) is 20.8 Å². The molecule has 4 aromatic rings. The predicted octanol–water partition coefficient (Wildman–Crippen LogP) is 4.90. The Morgan fingerprint density at radius 3 is 2.17 bits per heavy atom. The molecule has 5 amide bonds. The molecule has 0 radical (unpaired) electrons. The Kier molecular flexibility index (Phi) is 15.7. The summed E-state index contributed by atoms with van der Waals surface area (Å²) < 4.78 is 15.1. The molecule has 5 fully saturated rings. The highest BCUT2D eigenvalue weighted by Crippen LogP contribution is 2.30. The number of benzene rings is 3. The molecule has 4 saturated heterocycles. The van der Waals surface area contributed by atoms with Crippen molar-refractivity contribution in [2.45, 2.75) is 83.1 Å². The zero-order valence-corrected chi connectivity index (χ0v) is 40.6. The van der Waals surface area contributed by atoms with E-state index in [9.17, 15) is 28.8 Å². The number of halogens is 1. The molecule has 0 spiro atoms. The van der Waals surface area contributed by atoms with Gasteiger partial charge in [-0.05, 0) is 105 Å². The Morgan fingerprint density at radius 2 is 1.43 bits per heavy atom. The van der Waals surface area contributed by atoms with Crippen LogP contribution in [0.4, 0.5) is 4.39 Å². The summed E-state index contributed by atoms with van der Waals surface area (Å²) in [4.78, 5) is 91.6. The van der Waals surface area contributed by atoms with Gasteiger partial charge in [-0.15, -0.1) is 0 Å². The summed E-state index contributed by atoms with van der Waals surface area (Å²) in [5.74, 6) is -0.286. The molecule has 0 bridgehead atoms. The maximum atomic E-state index is 15.1. The molecule has 2 atom stereocenters. The van der Waals surface area contributed by atoms with Gasteiger partial charge in [0.1, 0.15) is 11.9 Å². The molecule has 1 unspecified atom stereocenters. The Labute approximate surface area is 409 Å². The molecule has 4 aliphatic heterocycles. The van der Waals surface area contributed by atoms with Crippen LogP contribution in [0.25, 0.3) is 10.8 Å². The number of nitrogens with zero attached hydrogens (tertiary/aromatic N) is 7. The number of likely N-dealkylation sites (tertiary alicyclic amines) is 2. The lowest BCUT2D eigenvalue weighted by atomic mass is 9.83. The second-order valence-electron chi connectivity index (χ2n) is 20.3. The number of fused-ring (bicyclic) bond motifs is 1. The molecule has 1 aliphatic carbocycles. The van der Waals surface area contributed by atoms with E-state index in [0.29, 0.717) is 92.3 Å². The fourth-order valence-corrected chi connectivity index (χ4v) is 11.5. The number of aromatic amines is 1. The Bertz CT molecular complexity index is 2590. The van der Waals surface area contributed by atoms with Crippen molar-refractivity contribution in [2.24, 2.45) is 11.8 Å². The first-order valence-electron chi connectivity index (χ1n) is 25.7. The third-order valence-electron chi connectivity index (χ3n) is 15.8. The van der Waals surface area contributed by atoms with Crippen molar-refractivity contribution in [2.75, 3.05) is 91.6 Å². The lowest BCUT2D eigenvalue weighted by Crippen LogP contribution is -2.57. The second-order valence-corrected chi connectivity index (χ2v) is 20.3. The Balaban J connectivity index is 0.707. The van der Waals surface area contributed by atoms with Gasteiger partial charge in [0, 0.05) is 102 Å². The molecule has 1 aromatic heterocycles. The molecule has 2 N–H and O–H groups in total. The van der Waals surface area contributed by atoms with Crippen LogP contribution in [0, 0.1) is 17.7 Å². The number of amides is 5. The van der Waals surface area contributed by atoms with Gasteiger partial charge < -0.3 is 24.9 Å². The van der Waals surface area contributed by atoms with Gasteiger partial charge in [0.25, 0.3) is 17.4 Å². The number of hydrogen-bond donors (Lipinski definition) is 2. The maximum absolute atomic E-state index is 15.1. The Hall–Kier alpha value is -6.00. The fourth-order valence-electron chi connectivity index (χ4n) is 11.5. The minimum atomic E-state index is -0.605. The lowest BCUT2D eigenvalue weighted by Gasteiger charge is -2.41.